The first kappa shape index (κ1) is 19.7. The second-order valence-electron chi connectivity index (χ2n) is 7.80. The van der Waals surface area contributed by atoms with Gasteiger partial charge in [0, 0.05) is 30.3 Å². The average molecular weight is 396 g/mol. The molecule has 1 fully saturated rings. The van der Waals surface area contributed by atoms with E-state index in [0.29, 0.717) is 42.0 Å². The lowest BCUT2D eigenvalue weighted by Gasteiger charge is -2.17. The number of halogens is 1. The van der Waals surface area contributed by atoms with E-state index in [9.17, 15) is 9.50 Å². The van der Waals surface area contributed by atoms with Gasteiger partial charge in [-0.1, -0.05) is 43.3 Å². The zero-order valence-corrected chi connectivity index (χ0v) is 16.6. The number of rotatable bonds is 5. The summed E-state index contributed by atoms with van der Waals surface area (Å²) in [5, 5.41) is 14.8. The second kappa shape index (κ2) is 8.43. The number of hydrogen-bond acceptors (Lipinski definition) is 5. The smallest absolute Gasteiger partial charge is 0.230 e. The van der Waals surface area contributed by atoms with E-state index in [1.165, 1.54) is 11.6 Å². The molecule has 2 aromatic carbocycles. The van der Waals surface area contributed by atoms with E-state index in [2.05, 4.69) is 24.0 Å². The van der Waals surface area contributed by atoms with Crippen molar-refractivity contribution in [2.75, 3.05) is 13.2 Å². The second-order valence-corrected chi connectivity index (χ2v) is 7.80. The zero-order chi connectivity index (χ0) is 20.4. The van der Waals surface area contributed by atoms with Crippen LogP contribution in [-0.4, -0.2) is 28.5 Å². The molecule has 5 nitrogen and oxygen atoms in total. The molecule has 1 saturated heterocycles. The molecule has 0 radical (unpaired) electrons. The summed E-state index contributed by atoms with van der Waals surface area (Å²) in [5.41, 5.74) is 2.61. The third-order valence-corrected chi connectivity index (χ3v) is 5.48. The minimum Gasteiger partial charge on any atom is -0.384 e. The van der Waals surface area contributed by atoms with Crippen molar-refractivity contribution in [1.29, 1.82) is 0 Å². The topological polar surface area (TPSA) is 68.4 Å². The average Bonchev–Trinajstić information content (AvgIpc) is 3.24. The predicted molar refractivity (Wildman–Crippen MR) is 107 cm³/mol. The van der Waals surface area contributed by atoms with E-state index in [1.807, 2.05) is 24.3 Å². The van der Waals surface area contributed by atoms with E-state index in [-0.39, 0.29) is 11.5 Å². The van der Waals surface area contributed by atoms with Gasteiger partial charge in [0.25, 0.3) is 0 Å². The van der Waals surface area contributed by atoms with Crippen LogP contribution in [0.5, 0.6) is 0 Å². The summed E-state index contributed by atoms with van der Waals surface area (Å²) < 4.78 is 25.3. The number of aliphatic hydroxyl groups is 1. The maximum Gasteiger partial charge on any atom is 0.230 e. The highest BCUT2D eigenvalue weighted by atomic mass is 19.1. The first-order chi connectivity index (χ1) is 14.0. The van der Waals surface area contributed by atoms with Crippen LogP contribution in [0, 0.1) is 5.82 Å². The molecule has 0 saturated carbocycles. The molecular formula is C23H25FN2O3. The molecule has 1 N–H and O–H groups in total. The minimum atomic E-state index is -1.07. The van der Waals surface area contributed by atoms with Crippen molar-refractivity contribution >= 4 is 0 Å². The van der Waals surface area contributed by atoms with Gasteiger partial charge in [-0.25, -0.2) is 4.39 Å². The van der Waals surface area contributed by atoms with Crippen LogP contribution in [0.2, 0.25) is 0 Å². The largest absolute Gasteiger partial charge is 0.384 e. The number of aromatic nitrogens is 2. The van der Waals surface area contributed by atoms with E-state index in [0.717, 1.165) is 12.8 Å². The van der Waals surface area contributed by atoms with Crippen molar-refractivity contribution < 1.29 is 18.8 Å². The first-order valence-corrected chi connectivity index (χ1v) is 10.0. The molecule has 1 aliphatic rings. The highest BCUT2D eigenvalue weighted by Gasteiger charge is 2.23. The molecule has 1 aromatic heterocycles. The number of aliphatic hydroxyl groups excluding tert-OH is 1. The van der Waals surface area contributed by atoms with Crippen molar-refractivity contribution in [3.63, 3.8) is 0 Å². The van der Waals surface area contributed by atoms with E-state index < -0.39 is 11.9 Å². The molecule has 29 heavy (non-hydrogen) atoms. The maximum absolute atomic E-state index is 14.5. The van der Waals surface area contributed by atoms with Crippen molar-refractivity contribution in [1.82, 2.24) is 10.1 Å². The Morgan fingerprint density at radius 3 is 2.41 bits per heavy atom. The van der Waals surface area contributed by atoms with Crippen LogP contribution in [0.3, 0.4) is 0 Å². The Balaban J connectivity index is 1.59. The minimum absolute atomic E-state index is 0.190. The van der Waals surface area contributed by atoms with Gasteiger partial charge >= 0.3 is 0 Å². The third-order valence-electron chi connectivity index (χ3n) is 5.48. The summed E-state index contributed by atoms with van der Waals surface area (Å²) in [6.07, 6.45) is 0.626. The normalized spacial score (nSPS) is 16.3. The van der Waals surface area contributed by atoms with Crippen molar-refractivity contribution in [3.05, 3.63) is 70.9 Å². The van der Waals surface area contributed by atoms with Gasteiger partial charge in [-0.15, -0.1) is 0 Å². The first-order valence-electron chi connectivity index (χ1n) is 10.0. The van der Waals surface area contributed by atoms with Gasteiger partial charge in [0.2, 0.25) is 11.7 Å². The molecule has 3 aromatic rings. The van der Waals surface area contributed by atoms with E-state index in [1.54, 1.807) is 12.1 Å². The summed E-state index contributed by atoms with van der Waals surface area (Å²) >= 11 is 0. The van der Waals surface area contributed by atoms with Crippen LogP contribution in [-0.2, 0) is 4.74 Å². The summed E-state index contributed by atoms with van der Waals surface area (Å²) in [6, 6.07) is 12.1. The fourth-order valence-electron chi connectivity index (χ4n) is 3.60. The quantitative estimate of drug-likeness (QED) is 0.659. The highest BCUT2D eigenvalue weighted by Crippen LogP contribution is 2.31. The van der Waals surface area contributed by atoms with Gasteiger partial charge in [0.15, 0.2) is 0 Å². The number of ether oxygens (including phenoxy) is 1. The molecule has 0 spiro atoms. The molecule has 6 heteroatoms. The molecule has 1 aliphatic heterocycles. The highest BCUT2D eigenvalue weighted by molar-refractivity contribution is 5.56. The van der Waals surface area contributed by atoms with Gasteiger partial charge in [-0.3, -0.25) is 0 Å². The molecule has 0 bridgehead atoms. The number of benzene rings is 2. The summed E-state index contributed by atoms with van der Waals surface area (Å²) in [7, 11) is 0. The van der Waals surface area contributed by atoms with Crippen LogP contribution in [0.25, 0.3) is 11.4 Å². The molecule has 1 atom stereocenters. The van der Waals surface area contributed by atoms with Crippen LogP contribution < -0.4 is 0 Å². The van der Waals surface area contributed by atoms with Gasteiger partial charge < -0.3 is 14.4 Å². The zero-order valence-electron chi connectivity index (χ0n) is 16.6. The summed E-state index contributed by atoms with van der Waals surface area (Å²) in [5.74, 6) is 1.09. The fraction of sp³-hybridized carbons (Fsp3) is 0.391. The third kappa shape index (κ3) is 4.23. The Morgan fingerprint density at radius 2 is 1.72 bits per heavy atom. The van der Waals surface area contributed by atoms with Crippen molar-refractivity contribution in [2.24, 2.45) is 0 Å². The van der Waals surface area contributed by atoms with Gasteiger partial charge in [-0.05, 0) is 48.1 Å². The Hall–Kier alpha value is -2.57. The van der Waals surface area contributed by atoms with Crippen molar-refractivity contribution in [3.8, 4) is 11.4 Å². The lowest BCUT2D eigenvalue weighted by atomic mass is 9.96. The van der Waals surface area contributed by atoms with Gasteiger partial charge in [0.1, 0.15) is 11.9 Å². The Kier molecular flexibility index (Phi) is 5.74. The van der Waals surface area contributed by atoms with Crippen LogP contribution in [0.1, 0.15) is 67.2 Å². The van der Waals surface area contributed by atoms with E-state index >= 15 is 0 Å². The molecule has 152 valence electrons. The fourth-order valence-corrected chi connectivity index (χ4v) is 3.60. The number of nitrogens with zero attached hydrogens (tertiary/aromatic N) is 2. The molecule has 1 unspecified atom stereocenters. The van der Waals surface area contributed by atoms with Crippen LogP contribution >= 0.6 is 0 Å². The monoisotopic (exact) mass is 396 g/mol. The maximum atomic E-state index is 14.5. The SMILES string of the molecule is CC(C)c1ccc(C(O)c2cc(-c3noc(C4CCOCC4)n3)ccc2F)cc1. The number of hydrogen-bond donors (Lipinski definition) is 1. The molecule has 0 amide bonds. The summed E-state index contributed by atoms with van der Waals surface area (Å²) in [6.45, 7) is 5.58. The Morgan fingerprint density at radius 1 is 1.03 bits per heavy atom. The van der Waals surface area contributed by atoms with Crippen LogP contribution in [0.4, 0.5) is 4.39 Å². The van der Waals surface area contributed by atoms with Crippen LogP contribution in [0.15, 0.2) is 47.0 Å². The molecule has 2 heterocycles. The van der Waals surface area contributed by atoms with E-state index in [4.69, 9.17) is 9.26 Å². The summed E-state index contributed by atoms with van der Waals surface area (Å²) in [4.78, 5) is 4.50. The predicted octanol–water partition coefficient (Wildman–Crippen LogP) is 4.97. The standard InChI is InChI=1S/C23H25FN2O3/c1-14(2)15-3-5-16(6-4-15)21(27)19-13-18(7-8-20(19)24)22-25-23(29-26-22)17-9-11-28-12-10-17/h3-8,13-14,17,21,27H,9-12H2,1-2H3. The lowest BCUT2D eigenvalue weighted by Crippen LogP contribution is -2.14. The van der Waals surface area contributed by atoms with Gasteiger partial charge in [-0.2, -0.15) is 4.98 Å². The molecular weight excluding hydrogens is 371 g/mol. The lowest BCUT2D eigenvalue weighted by molar-refractivity contribution is 0.0778. The Bertz CT molecular complexity index is 963. The molecule has 0 aliphatic carbocycles. The Labute approximate surface area is 169 Å². The van der Waals surface area contributed by atoms with Gasteiger partial charge in [0.05, 0.1) is 0 Å². The molecule has 4 rings (SSSR count). The van der Waals surface area contributed by atoms with Crippen molar-refractivity contribution in [2.45, 2.75) is 44.6 Å².